The monoisotopic (exact) mass is 453 g/mol. The number of carbonyl (C=O) groups is 3. The minimum absolute atomic E-state index is 0.0547. The highest BCUT2D eigenvalue weighted by Gasteiger charge is 2.50. The number of piperazine rings is 1. The van der Waals surface area contributed by atoms with E-state index in [9.17, 15) is 14.4 Å². The molecule has 0 saturated carbocycles. The number of benzene rings is 1. The lowest BCUT2D eigenvalue weighted by atomic mass is 10.0. The lowest BCUT2D eigenvalue weighted by molar-refractivity contribution is -0.128. The third-order valence-corrected chi connectivity index (χ3v) is 6.36. The fourth-order valence-electron chi connectivity index (χ4n) is 4.56. The SMILES string of the molecule is Cc1cnc(N2CCN(C(=O)c3ccc(N4C(=O)N(C)C(=O)C4(C)C)cc3F)CC2)c(C)c1. The third-order valence-electron chi connectivity index (χ3n) is 6.36. The highest BCUT2D eigenvalue weighted by atomic mass is 19.1. The van der Waals surface area contributed by atoms with Gasteiger partial charge in [-0.3, -0.25) is 19.4 Å². The number of hydrogen-bond acceptors (Lipinski definition) is 5. The van der Waals surface area contributed by atoms with E-state index < -0.39 is 23.3 Å². The van der Waals surface area contributed by atoms with E-state index in [1.165, 1.54) is 24.1 Å². The second kappa shape index (κ2) is 8.13. The van der Waals surface area contributed by atoms with Crippen molar-refractivity contribution in [3.8, 4) is 0 Å². The molecule has 0 spiro atoms. The average Bonchev–Trinajstić information content (AvgIpc) is 2.92. The Labute approximate surface area is 192 Å². The Morgan fingerprint density at radius 2 is 1.73 bits per heavy atom. The molecule has 4 rings (SSSR count). The number of halogens is 1. The van der Waals surface area contributed by atoms with Crippen molar-refractivity contribution in [1.29, 1.82) is 0 Å². The predicted molar refractivity (Wildman–Crippen MR) is 123 cm³/mol. The van der Waals surface area contributed by atoms with Crippen LogP contribution in [0.15, 0.2) is 30.5 Å². The lowest BCUT2D eigenvalue weighted by Crippen LogP contribution is -2.49. The van der Waals surface area contributed by atoms with Gasteiger partial charge >= 0.3 is 6.03 Å². The van der Waals surface area contributed by atoms with Crippen molar-refractivity contribution in [3.63, 3.8) is 0 Å². The molecule has 4 amide bonds. The Balaban J connectivity index is 1.49. The predicted octanol–water partition coefficient (Wildman–Crippen LogP) is 2.98. The number of amides is 4. The number of pyridine rings is 1. The lowest BCUT2D eigenvalue weighted by Gasteiger charge is -2.36. The van der Waals surface area contributed by atoms with Gasteiger partial charge in [0.1, 0.15) is 17.2 Å². The molecule has 2 aromatic rings. The van der Waals surface area contributed by atoms with Crippen LogP contribution >= 0.6 is 0 Å². The molecule has 2 aliphatic heterocycles. The molecule has 0 N–H and O–H groups in total. The van der Waals surface area contributed by atoms with Crippen LogP contribution in [0.1, 0.15) is 35.3 Å². The minimum atomic E-state index is -1.14. The van der Waals surface area contributed by atoms with E-state index >= 15 is 4.39 Å². The number of likely N-dealkylation sites (N-methyl/N-ethyl adjacent to an activating group) is 1. The molecule has 1 aromatic carbocycles. The summed E-state index contributed by atoms with van der Waals surface area (Å²) in [7, 11) is 1.40. The zero-order chi connectivity index (χ0) is 24.1. The molecule has 0 aliphatic carbocycles. The maximum Gasteiger partial charge on any atom is 0.331 e. The average molecular weight is 454 g/mol. The molecule has 174 valence electrons. The van der Waals surface area contributed by atoms with Crippen LogP contribution in [0.4, 0.5) is 20.7 Å². The maximum absolute atomic E-state index is 15.0. The molecule has 0 radical (unpaired) electrons. The molecule has 1 aromatic heterocycles. The molecular formula is C24H28FN5O3. The van der Waals surface area contributed by atoms with Crippen molar-refractivity contribution in [3.05, 3.63) is 53.0 Å². The van der Waals surface area contributed by atoms with Crippen LogP contribution in [-0.2, 0) is 4.79 Å². The fraction of sp³-hybridized carbons (Fsp3) is 0.417. The summed E-state index contributed by atoms with van der Waals surface area (Å²) in [6.07, 6.45) is 1.83. The first-order chi connectivity index (χ1) is 15.5. The van der Waals surface area contributed by atoms with Gasteiger partial charge in [-0.1, -0.05) is 6.07 Å². The van der Waals surface area contributed by atoms with E-state index in [1.807, 2.05) is 20.0 Å². The van der Waals surface area contributed by atoms with Crippen molar-refractivity contribution in [1.82, 2.24) is 14.8 Å². The Bertz CT molecular complexity index is 1140. The van der Waals surface area contributed by atoms with Crippen LogP contribution in [0, 0.1) is 19.7 Å². The van der Waals surface area contributed by atoms with Gasteiger partial charge in [0.15, 0.2) is 0 Å². The molecule has 0 atom stereocenters. The summed E-state index contributed by atoms with van der Waals surface area (Å²) in [4.78, 5) is 48.4. The number of anilines is 2. The Kier molecular flexibility index (Phi) is 5.59. The summed E-state index contributed by atoms with van der Waals surface area (Å²) in [5, 5.41) is 0. The van der Waals surface area contributed by atoms with Crippen LogP contribution in [0.2, 0.25) is 0 Å². The number of urea groups is 1. The van der Waals surface area contributed by atoms with Crippen molar-refractivity contribution in [2.24, 2.45) is 0 Å². The molecule has 0 bridgehead atoms. The second-order valence-electron chi connectivity index (χ2n) is 9.14. The minimum Gasteiger partial charge on any atom is -0.353 e. The first-order valence-electron chi connectivity index (χ1n) is 10.9. The summed E-state index contributed by atoms with van der Waals surface area (Å²) in [6, 6.07) is 5.60. The summed E-state index contributed by atoms with van der Waals surface area (Å²) in [6.45, 7) is 9.34. The first-order valence-corrected chi connectivity index (χ1v) is 10.9. The van der Waals surface area contributed by atoms with Gasteiger partial charge in [0.25, 0.3) is 11.8 Å². The van der Waals surface area contributed by atoms with Crippen molar-refractivity contribution < 1.29 is 18.8 Å². The van der Waals surface area contributed by atoms with E-state index in [0.717, 1.165) is 27.9 Å². The standard InChI is InChI=1S/C24H28FN5O3/c1-15-12-16(2)20(26-14-15)28-8-10-29(11-9-28)21(31)18-7-6-17(13-19(18)25)30-23(33)27(5)22(32)24(30,3)4/h6-7,12-14H,8-11H2,1-5H3. The number of imide groups is 1. The zero-order valence-corrected chi connectivity index (χ0v) is 19.6. The summed E-state index contributed by atoms with van der Waals surface area (Å²) >= 11 is 0. The molecule has 8 nitrogen and oxygen atoms in total. The summed E-state index contributed by atoms with van der Waals surface area (Å²) in [5.74, 6) is -0.584. The second-order valence-corrected chi connectivity index (χ2v) is 9.14. The molecule has 33 heavy (non-hydrogen) atoms. The van der Waals surface area contributed by atoms with Gasteiger partial charge < -0.3 is 9.80 Å². The third kappa shape index (κ3) is 3.81. The Morgan fingerprint density at radius 1 is 1.06 bits per heavy atom. The zero-order valence-electron chi connectivity index (χ0n) is 19.6. The number of nitrogens with zero attached hydrogens (tertiary/aromatic N) is 5. The number of aryl methyl sites for hydroxylation is 2. The highest BCUT2D eigenvalue weighted by molar-refractivity contribution is 6.16. The van der Waals surface area contributed by atoms with Gasteiger partial charge in [0, 0.05) is 45.1 Å². The molecule has 9 heteroatoms. The van der Waals surface area contributed by atoms with Gasteiger partial charge in [0.2, 0.25) is 0 Å². The van der Waals surface area contributed by atoms with E-state index in [0.29, 0.717) is 26.2 Å². The topological polar surface area (TPSA) is 77.1 Å². The van der Waals surface area contributed by atoms with Crippen molar-refractivity contribution in [2.45, 2.75) is 33.2 Å². The molecule has 2 aliphatic rings. The Morgan fingerprint density at radius 3 is 2.27 bits per heavy atom. The number of rotatable bonds is 3. The number of carbonyl (C=O) groups excluding carboxylic acids is 3. The summed E-state index contributed by atoms with van der Waals surface area (Å²) in [5.41, 5.74) is 1.23. The van der Waals surface area contributed by atoms with Crippen LogP contribution < -0.4 is 9.80 Å². The summed E-state index contributed by atoms with van der Waals surface area (Å²) < 4.78 is 15.0. The quantitative estimate of drug-likeness (QED) is 0.668. The van der Waals surface area contributed by atoms with Crippen molar-refractivity contribution in [2.75, 3.05) is 43.0 Å². The maximum atomic E-state index is 15.0. The smallest absolute Gasteiger partial charge is 0.331 e. The van der Waals surface area contributed by atoms with Crippen molar-refractivity contribution >= 4 is 29.4 Å². The van der Waals surface area contributed by atoms with Crippen LogP contribution in [-0.4, -0.2) is 71.4 Å². The number of hydrogen-bond donors (Lipinski definition) is 0. The van der Waals surface area contributed by atoms with Gasteiger partial charge in [0.05, 0.1) is 5.56 Å². The van der Waals surface area contributed by atoms with Gasteiger partial charge in [-0.15, -0.1) is 0 Å². The normalized spacial score (nSPS) is 18.4. The van der Waals surface area contributed by atoms with E-state index in [-0.39, 0.29) is 17.2 Å². The van der Waals surface area contributed by atoms with Crippen LogP contribution in [0.25, 0.3) is 0 Å². The van der Waals surface area contributed by atoms with E-state index in [1.54, 1.807) is 18.7 Å². The highest BCUT2D eigenvalue weighted by Crippen LogP contribution is 2.33. The van der Waals surface area contributed by atoms with Crippen LogP contribution in [0.5, 0.6) is 0 Å². The van der Waals surface area contributed by atoms with Gasteiger partial charge in [-0.2, -0.15) is 0 Å². The van der Waals surface area contributed by atoms with Gasteiger partial charge in [-0.05, 0) is 57.0 Å². The van der Waals surface area contributed by atoms with Gasteiger partial charge in [-0.25, -0.2) is 14.2 Å². The molecule has 3 heterocycles. The Hall–Kier alpha value is -3.49. The van der Waals surface area contributed by atoms with E-state index in [2.05, 4.69) is 16.0 Å². The molecule has 2 saturated heterocycles. The molecular weight excluding hydrogens is 425 g/mol. The molecule has 2 fully saturated rings. The fourth-order valence-corrected chi connectivity index (χ4v) is 4.56. The number of aromatic nitrogens is 1. The van der Waals surface area contributed by atoms with Crippen LogP contribution in [0.3, 0.4) is 0 Å². The molecule has 0 unspecified atom stereocenters. The van der Waals surface area contributed by atoms with E-state index in [4.69, 9.17) is 0 Å². The first kappa shape index (κ1) is 22.7. The largest absolute Gasteiger partial charge is 0.353 e.